The first-order valence-electron chi connectivity index (χ1n) is 5.32. The number of carboxylic acid groups (broad SMARTS) is 1. The third-order valence-electron chi connectivity index (χ3n) is 2.49. The van der Waals surface area contributed by atoms with Crippen molar-refractivity contribution in [1.82, 2.24) is 0 Å². The number of aliphatic carboxylic acids is 1. The molecule has 1 rings (SSSR count). The molecule has 0 bridgehead atoms. The van der Waals surface area contributed by atoms with Crippen molar-refractivity contribution in [3.05, 3.63) is 35.4 Å². The molecule has 0 spiro atoms. The van der Waals surface area contributed by atoms with Crippen LogP contribution in [0.25, 0.3) is 0 Å². The summed E-state index contributed by atoms with van der Waals surface area (Å²) in [5.41, 5.74) is 2.14. The molecule has 0 fully saturated rings. The van der Waals surface area contributed by atoms with Gasteiger partial charge in [-0.2, -0.15) is 0 Å². The van der Waals surface area contributed by atoms with Gasteiger partial charge >= 0.3 is 29.0 Å². The summed E-state index contributed by atoms with van der Waals surface area (Å²) >= 11 is 0. The number of hydrogen-bond acceptors (Lipinski definition) is 1. The van der Waals surface area contributed by atoms with Crippen LogP contribution in [-0.2, 0) is 11.2 Å². The van der Waals surface area contributed by atoms with Gasteiger partial charge in [0, 0.05) is 0 Å². The predicted octanol–water partition coefficient (Wildman–Crippen LogP) is 2.92. The van der Waals surface area contributed by atoms with Crippen LogP contribution in [0.15, 0.2) is 24.3 Å². The van der Waals surface area contributed by atoms with E-state index in [1.165, 1.54) is 5.56 Å². The molecule has 1 atom stereocenters. The molecule has 16 heavy (non-hydrogen) atoms. The Bertz CT molecular complexity index is 339. The van der Waals surface area contributed by atoms with E-state index in [0.29, 0.717) is 5.92 Å². The van der Waals surface area contributed by atoms with Gasteiger partial charge in [-0.05, 0) is 30.4 Å². The smallest absolute Gasteiger partial charge is 1.00 e. The summed E-state index contributed by atoms with van der Waals surface area (Å²) in [4.78, 5) is 10.8. The van der Waals surface area contributed by atoms with Crippen molar-refractivity contribution >= 4 is 29.0 Å². The Morgan fingerprint density at radius 2 is 1.75 bits per heavy atom. The van der Waals surface area contributed by atoms with Gasteiger partial charge in [0.1, 0.15) is 0 Å². The van der Waals surface area contributed by atoms with E-state index < -0.39 is 11.9 Å². The van der Waals surface area contributed by atoms with Crippen molar-refractivity contribution in [2.75, 3.05) is 0 Å². The van der Waals surface area contributed by atoms with E-state index in [-0.39, 0.29) is 25.9 Å². The summed E-state index contributed by atoms with van der Waals surface area (Å²) in [7, 11) is 0. The molecule has 0 heterocycles. The average molecular weight is 233 g/mol. The van der Waals surface area contributed by atoms with Gasteiger partial charge in [-0.3, -0.25) is 4.79 Å². The zero-order valence-corrected chi connectivity index (χ0v) is 11.6. The molecule has 0 aliphatic rings. The zero-order chi connectivity index (χ0) is 11.4. The number of rotatable bonds is 4. The maximum absolute atomic E-state index is 10.8. The van der Waals surface area contributed by atoms with Crippen LogP contribution >= 0.6 is 0 Å². The van der Waals surface area contributed by atoms with Crippen molar-refractivity contribution in [3.8, 4) is 0 Å². The molecular weight excluding hydrogens is 212 g/mol. The molecule has 1 unspecified atom stereocenters. The fraction of sp³-hybridized carbons (Fsp3) is 0.462. The van der Waals surface area contributed by atoms with Gasteiger partial charge in [0.05, 0.1) is 5.92 Å². The Morgan fingerprint density at radius 1 is 1.25 bits per heavy atom. The van der Waals surface area contributed by atoms with Crippen LogP contribution in [0.4, 0.5) is 0 Å². The van der Waals surface area contributed by atoms with Gasteiger partial charge in [-0.15, -0.1) is 0 Å². The van der Waals surface area contributed by atoms with E-state index in [1.807, 2.05) is 24.3 Å². The van der Waals surface area contributed by atoms with Crippen molar-refractivity contribution in [2.45, 2.75) is 33.1 Å². The molecule has 1 aromatic rings. The Hall–Kier alpha value is -0.544. The SMILES string of the molecule is CC(C)Cc1ccc(C(C)C(=O)O)cc1.[H-].[H-].[Mg+2]. The summed E-state index contributed by atoms with van der Waals surface area (Å²) < 4.78 is 0. The van der Waals surface area contributed by atoms with Gasteiger partial charge in [0.2, 0.25) is 0 Å². The van der Waals surface area contributed by atoms with Crippen LogP contribution in [0.1, 0.15) is 40.7 Å². The largest absolute Gasteiger partial charge is 2.00 e. The molecule has 0 saturated heterocycles. The van der Waals surface area contributed by atoms with Gasteiger partial charge in [-0.1, -0.05) is 38.1 Å². The molecule has 0 radical (unpaired) electrons. The second kappa shape index (κ2) is 6.91. The van der Waals surface area contributed by atoms with Crippen LogP contribution in [0, 0.1) is 5.92 Å². The van der Waals surface area contributed by atoms with Crippen LogP contribution in [-0.4, -0.2) is 34.1 Å². The van der Waals surface area contributed by atoms with Gasteiger partial charge < -0.3 is 7.96 Å². The van der Waals surface area contributed by atoms with Crippen LogP contribution < -0.4 is 0 Å². The molecule has 3 heteroatoms. The summed E-state index contributed by atoms with van der Waals surface area (Å²) in [6.45, 7) is 6.06. The third kappa shape index (κ3) is 4.54. The van der Waals surface area contributed by atoms with Crippen LogP contribution in [0.2, 0.25) is 0 Å². The Balaban J connectivity index is -0.000000750. The Kier molecular flexibility index (Phi) is 6.68. The minimum atomic E-state index is -0.772. The van der Waals surface area contributed by atoms with E-state index in [4.69, 9.17) is 5.11 Å². The topological polar surface area (TPSA) is 37.3 Å². The molecule has 0 aromatic heterocycles. The molecular formula is C13H20MgO2. The minimum absolute atomic E-state index is 0. The normalized spacial score (nSPS) is 12.0. The van der Waals surface area contributed by atoms with E-state index in [9.17, 15) is 4.79 Å². The van der Waals surface area contributed by atoms with E-state index >= 15 is 0 Å². The molecule has 0 aliphatic heterocycles. The number of carbonyl (C=O) groups is 1. The van der Waals surface area contributed by atoms with Gasteiger partial charge in [-0.25, -0.2) is 0 Å². The second-order valence-corrected chi connectivity index (χ2v) is 4.40. The maximum atomic E-state index is 10.8. The summed E-state index contributed by atoms with van der Waals surface area (Å²) in [5, 5.41) is 8.85. The van der Waals surface area contributed by atoms with Gasteiger partial charge in [0.15, 0.2) is 0 Å². The monoisotopic (exact) mass is 232 g/mol. The first-order chi connectivity index (χ1) is 7.00. The summed E-state index contributed by atoms with van der Waals surface area (Å²) in [6, 6.07) is 7.87. The van der Waals surface area contributed by atoms with Crippen molar-refractivity contribution in [2.24, 2.45) is 5.92 Å². The summed E-state index contributed by atoms with van der Waals surface area (Å²) in [5.74, 6) is -0.558. The second-order valence-electron chi connectivity index (χ2n) is 4.40. The van der Waals surface area contributed by atoms with E-state index in [0.717, 1.165) is 12.0 Å². The molecule has 86 valence electrons. The average Bonchev–Trinajstić information content (AvgIpc) is 2.17. The zero-order valence-electron chi connectivity index (χ0n) is 12.2. The Labute approximate surface area is 116 Å². The first-order valence-corrected chi connectivity index (χ1v) is 5.32. The van der Waals surface area contributed by atoms with E-state index in [2.05, 4.69) is 13.8 Å². The predicted molar refractivity (Wildman–Crippen MR) is 69.0 cm³/mol. The van der Waals surface area contributed by atoms with Crippen LogP contribution in [0.3, 0.4) is 0 Å². The molecule has 0 aliphatic carbocycles. The quantitative estimate of drug-likeness (QED) is 0.811. The fourth-order valence-corrected chi connectivity index (χ4v) is 1.56. The molecule has 0 saturated carbocycles. The van der Waals surface area contributed by atoms with Crippen molar-refractivity contribution in [3.63, 3.8) is 0 Å². The number of hydrogen-bond donors (Lipinski definition) is 1. The number of benzene rings is 1. The maximum Gasteiger partial charge on any atom is 2.00 e. The van der Waals surface area contributed by atoms with Gasteiger partial charge in [0.25, 0.3) is 0 Å². The van der Waals surface area contributed by atoms with E-state index in [1.54, 1.807) is 6.92 Å². The molecule has 1 aromatic carbocycles. The molecule has 1 N–H and O–H groups in total. The minimum Gasteiger partial charge on any atom is -1.00 e. The Morgan fingerprint density at radius 3 is 2.12 bits per heavy atom. The van der Waals surface area contributed by atoms with Crippen LogP contribution in [0.5, 0.6) is 0 Å². The molecule has 2 nitrogen and oxygen atoms in total. The first kappa shape index (κ1) is 15.5. The van der Waals surface area contributed by atoms with Crippen molar-refractivity contribution in [1.29, 1.82) is 0 Å². The van der Waals surface area contributed by atoms with Crippen molar-refractivity contribution < 1.29 is 12.8 Å². The number of carboxylic acids is 1. The fourth-order valence-electron chi connectivity index (χ4n) is 1.56. The molecule has 0 amide bonds. The summed E-state index contributed by atoms with van der Waals surface area (Å²) in [6.07, 6.45) is 1.04. The standard InChI is InChI=1S/C13H18O2.Mg.2H/c1-9(2)8-11-4-6-12(7-5-11)10(3)13(14)15;;;/h4-7,9-10H,8H2,1-3H3,(H,14,15);;;/q;+2;2*-1. The third-order valence-corrected chi connectivity index (χ3v) is 2.49.